The van der Waals surface area contributed by atoms with E-state index < -0.39 is 27.4 Å². The number of carbonyl (C=O) groups is 1. The van der Waals surface area contributed by atoms with Gasteiger partial charge in [0.25, 0.3) is 0 Å². The Kier molecular flexibility index (Phi) is 5.14. The molecule has 3 heterocycles. The highest BCUT2D eigenvalue weighted by atomic mass is 35.5. The highest BCUT2D eigenvalue weighted by Gasteiger charge is 2.24. The third-order valence-electron chi connectivity index (χ3n) is 5.75. The lowest BCUT2D eigenvalue weighted by atomic mass is 9.99. The quantitative estimate of drug-likeness (QED) is 0.437. The Balaban J connectivity index is 1.52. The minimum absolute atomic E-state index is 0.185. The standard InChI is InChI=1S/C24H18ClNO6S/c1-13-17-8-19-20(14-2-4-15(25)5-3-14)11-31-21(19)10-22(17)32-24(28)18(13)9-23(27)26-16-6-7-33(29,30)12-16/h2-8,10-11,16H,9,12H2,1H3,(H,26,27)/t16-/m0/s1. The topological polar surface area (TPSA) is 107 Å². The molecule has 5 rings (SSSR count). The average molecular weight is 484 g/mol. The molecule has 2 aromatic heterocycles. The van der Waals surface area contributed by atoms with E-state index in [1.165, 1.54) is 6.08 Å². The monoisotopic (exact) mass is 483 g/mol. The first-order valence-electron chi connectivity index (χ1n) is 10.1. The maximum atomic E-state index is 12.6. The van der Waals surface area contributed by atoms with Gasteiger partial charge in [0.2, 0.25) is 5.91 Å². The van der Waals surface area contributed by atoms with Crippen molar-refractivity contribution in [3.05, 3.63) is 80.7 Å². The number of fused-ring (bicyclic) bond motifs is 2. The zero-order valence-corrected chi connectivity index (χ0v) is 19.0. The van der Waals surface area contributed by atoms with Crippen LogP contribution in [0.3, 0.4) is 0 Å². The second-order valence-corrected chi connectivity index (χ2v) is 10.4. The molecule has 1 atom stereocenters. The number of aryl methyl sites for hydroxylation is 1. The molecule has 1 amide bonds. The van der Waals surface area contributed by atoms with Crippen LogP contribution in [0.5, 0.6) is 0 Å². The molecule has 9 heteroatoms. The molecule has 2 aromatic carbocycles. The molecule has 0 unspecified atom stereocenters. The van der Waals surface area contributed by atoms with Crippen molar-refractivity contribution in [2.45, 2.75) is 19.4 Å². The fourth-order valence-corrected chi connectivity index (χ4v) is 5.41. The van der Waals surface area contributed by atoms with Gasteiger partial charge >= 0.3 is 5.63 Å². The zero-order valence-electron chi connectivity index (χ0n) is 17.4. The molecular weight excluding hydrogens is 466 g/mol. The summed E-state index contributed by atoms with van der Waals surface area (Å²) < 4.78 is 34.3. The predicted octanol–water partition coefficient (Wildman–Crippen LogP) is 4.14. The zero-order chi connectivity index (χ0) is 23.3. The Morgan fingerprint density at radius 3 is 2.61 bits per heavy atom. The van der Waals surface area contributed by atoms with Gasteiger partial charge in [0.05, 0.1) is 30.0 Å². The molecule has 0 fully saturated rings. The molecule has 0 spiro atoms. The van der Waals surface area contributed by atoms with Gasteiger partial charge in [-0.2, -0.15) is 0 Å². The first-order chi connectivity index (χ1) is 15.7. The number of furan rings is 1. The highest BCUT2D eigenvalue weighted by molar-refractivity contribution is 7.94. The Bertz CT molecular complexity index is 1610. The second kappa shape index (κ2) is 7.90. The van der Waals surface area contributed by atoms with Gasteiger partial charge < -0.3 is 14.2 Å². The van der Waals surface area contributed by atoms with Crippen LogP contribution in [0.2, 0.25) is 5.02 Å². The summed E-state index contributed by atoms with van der Waals surface area (Å²) in [7, 11) is -3.30. The minimum atomic E-state index is -3.30. The molecular formula is C24H18ClNO6S. The molecule has 0 saturated carbocycles. The first-order valence-corrected chi connectivity index (χ1v) is 12.2. The van der Waals surface area contributed by atoms with Crippen LogP contribution in [0.15, 0.2) is 67.8 Å². The predicted molar refractivity (Wildman–Crippen MR) is 126 cm³/mol. The van der Waals surface area contributed by atoms with Gasteiger partial charge in [-0.3, -0.25) is 4.79 Å². The van der Waals surface area contributed by atoms with E-state index in [4.69, 9.17) is 20.4 Å². The van der Waals surface area contributed by atoms with Gasteiger partial charge in [-0.05, 0) is 42.3 Å². The van der Waals surface area contributed by atoms with E-state index in [1.54, 1.807) is 31.4 Å². The normalized spacial score (nSPS) is 17.1. The van der Waals surface area contributed by atoms with E-state index in [0.717, 1.165) is 21.9 Å². The van der Waals surface area contributed by atoms with Crippen molar-refractivity contribution in [1.82, 2.24) is 5.32 Å². The van der Waals surface area contributed by atoms with Gasteiger partial charge in [-0.25, -0.2) is 13.2 Å². The maximum absolute atomic E-state index is 12.6. The Labute approximate surface area is 193 Å². The minimum Gasteiger partial charge on any atom is -0.464 e. The van der Waals surface area contributed by atoms with Crippen molar-refractivity contribution in [1.29, 1.82) is 0 Å². The molecule has 168 valence electrons. The number of halogens is 1. The maximum Gasteiger partial charge on any atom is 0.340 e. The lowest BCUT2D eigenvalue weighted by Crippen LogP contribution is -2.37. The van der Waals surface area contributed by atoms with Gasteiger partial charge in [0.1, 0.15) is 11.2 Å². The summed E-state index contributed by atoms with van der Waals surface area (Å²) in [5, 5.41) is 5.87. The van der Waals surface area contributed by atoms with Gasteiger partial charge in [0, 0.05) is 32.8 Å². The lowest BCUT2D eigenvalue weighted by Gasteiger charge is -2.11. The van der Waals surface area contributed by atoms with Gasteiger partial charge in [-0.15, -0.1) is 0 Å². The molecule has 7 nitrogen and oxygen atoms in total. The van der Waals surface area contributed by atoms with Crippen LogP contribution >= 0.6 is 11.6 Å². The fourth-order valence-electron chi connectivity index (χ4n) is 4.05. The Hall–Kier alpha value is -3.36. The molecule has 33 heavy (non-hydrogen) atoms. The van der Waals surface area contributed by atoms with Crippen molar-refractivity contribution in [3.63, 3.8) is 0 Å². The first kappa shape index (κ1) is 21.5. The number of amides is 1. The number of sulfone groups is 1. The van der Waals surface area contributed by atoms with E-state index in [9.17, 15) is 18.0 Å². The number of nitrogens with one attached hydrogen (secondary N) is 1. The van der Waals surface area contributed by atoms with Crippen molar-refractivity contribution in [2.24, 2.45) is 0 Å². The van der Waals surface area contributed by atoms with Crippen LogP contribution in [0.4, 0.5) is 0 Å². The summed E-state index contributed by atoms with van der Waals surface area (Å²) in [5.74, 6) is -0.640. The molecule has 0 bridgehead atoms. The third-order valence-corrected chi connectivity index (χ3v) is 7.40. The summed E-state index contributed by atoms with van der Waals surface area (Å²) in [6.45, 7) is 1.76. The number of hydrogen-bond acceptors (Lipinski definition) is 6. The van der Waals surface area contributed by atoms with Crippen molar-refractivity contribution in [2.75, 3.05) is 5.75 Å². The lowest BCUT2D eigenvalue weighted by molar-refractivity contribution is -0.120. The largest absolute Gasteiger partial charge is 0.464 e. The summed E-state index contributed by atoms with van der Waals surface area (Å²) in [6, 6.07) is 10.3. The van der Waals surface area contributed by atoms with Gasteiger partial charge in [0.15, 0.2) is 9.84 Å². The van der Waals surface area contributed by atoms with E-state index in [0.29, 0.717) is 27.1 Å². The van der Waals surface area contributed by atoms with Crippen LogP contribution in [0.25, 0.3) is 33.1 Å². The number of hydrogen-bond donors (Lipinski definition) is 1. The molecule has 1 aliphatic heterocycles. The third kappa shape index (κ3) is 4.07. The van der Waals surface area contributed by atoms with Crippen molar-refractivity contribution >= 4 is 49.3 Å². The van der Waals surface area contributed by atoms with E-state index in [1.807, 2.05) is 18.2 Å². The van der Waals surface area contributed by atoms with Gasteiger partial charge in [-0.1, -0.05) is 23.7 Å². The Morgan fingerprint density at radius 1 is 1.15 bits per heavy atom. The smallest absolute Gasteiger partial charge is 0.340 e. The van der Waals surface area contributed by atoms with E-state index >= 15 is 0 Å². The molecule has 0 radical (unpaired) electrons. The van der Waals surface area contributed by atoms with Crippen LogP contribution < -0.4 is 10.9 Å². The number of carbonyl (C=O) groups excluding carboxylic acids is 1. The van der Waals surface area contributed by atoms with E-state index in [-0.39, 0.29) is 17.7 Å². The molecule has 1 aliphatic rings. The molecule has 0 aliphatic carbocycles. The number of rotatable bonds is 4. The average Bonchev–Trinajstić information content (AvgIpc) is 3.32. The van der Waals surface area contributed by atoms with Crippen LogP contribution in [0.1, 0.15) is 11.1 Å². The van der Waals surface area contributed by atoms with Crippen LogP contribution in [-0.2, 0) is 21.1 Å². The Morgan fingerprint density at radius 2 is 1.91 bits per heavy atom. The fraction of sp³-hybridized carbons (Fsp3) is 0.167. The molecule has 1 N–H and O–H groups in total. The highest BCUT2D eigenvalue weighted by Crippen LogP contribution is 2.35. The summed E-state index contributed by atoms with van der Waals surface area (Å²) in [4.78, 5) is 25.1. The SMILES string of the molecule is Cc1c(CC(=O)N[C@H]2C=CS(=O)(=O)C2)c(=O)oc2cc3occ(-c4ccc(Cl)cc4)c3cc12. The summed E-state index contributed by atoms with van der Waals surface area (Å²) >= 11 is 6.00. The van der Waals surface area contributed by atoms with Crippen LogP contribution in [0, 0.1) is 6.92 Å². The van der Waals surface area contributed by atoms with E-state index in [2.05, 4.69) is 5.32 Å². The summed E-state index contributed by atoms with van der Waals surface area (Å²) in [6.07, 6.45) is 2.84. The van der Waals surface area contributed by atoms with Crippen molar-refractivity contribution < 1.29 is 22.0 Å². The molecule has 0 saturated heterocycles. The van der Waals surface area contributed by atoms with Crippen LogP contribution in [-0.4, -0.2) is 26.1 Å². The number of benzene rings is 2. The second-order valence-electron chi connectivity index (χ2n) is 8.00. The van der Waals surface area contributed by atoms with Crippen molar-refractivity contribution in [3.8, 4) is 11.1 Å². The molecule has 4 aromatic rings. The summed E-state index contributed by atoms with van der Waals surface area (Å²) in [5.41, 5.74) is 2.94.